The van der Waals surface area contributed by atoms with Gasteiger partial charge in [0.15, 0.2) is 0 Å². The van der Waals surface area contributed by atoms with Crippen molar-refractivity contribution >= 4 is 23.4 Å². The van der Waals surface area contributed by atoms with Crippen LogP contribution in [0.2, 0.25) is 5.02 Å². The highest BCUT2D eigenvalue weighted by molar-refractivity contribution is 7.99. The van der Waals surface area contributed by atoms with Crippen molar-refractivity contribution in [3.63, 3.8) is 0 Å². The summed E-state index contributed by atoms with van der Waals surface area (Å²) in [4.78, 5) is 2.44. The number of hydrogen-bond acceptors (Lipinski definition) is 2. The Balaban J connectivity index is 1.91. The van der Waals surface area contributed by atoms with Crippen molar-refractivity contribution in [3.8, 4) is 0 Å². The lowest BCUT2D eigenvalue weighted by atomic mass is 10.1. The van der Waals surface area contributed by atoms with Crippen molar-refractivity contribution in [1.82, 2.24) is 0 Å². The molecule has 0 bridgehead atoms. The molecule has 0 heterocycles. The smallest absolute Gasteiger partial charge is 0.0462 e. The zero-order valence-electron chi connectivity index (χ0n) is 10.7. The molecule has 1 nitrogen and oxygen atoms in total. The van der Waals surface area contributed by atoms with Gasteiger partial charge in [-0.2, -0.15) is 0 Å². The van der Waals surface area contributed by atoms with Crippen LogP contribution in [0.5, 0.6) is 0 Å². The third-order valence-corrected chi connectivity index (χ3v) is 5.02. The Labute approximate surface area is 123 Å². The number of aryl methyl sites for hydroxylation is 2. The molecule has 2 aromatic carbocycles. The first kappa shape index (κ1) is 13.0. The molecular weight excluding hydrogens is 274 g/mol. The van der Waals surface area contributed by atoms with Gasteiger partial charge in [0.1, 0.15) is 0 Å². The molecular formula is C16H16ClNS. The summed E-state index contributed by atoms with van der Waals surface area (Å²) in [5, 5.41) is 0.758. The van der Waals surface area contributed by atoms with Crippen LogP contribution in [-0.4, -0.2) is 0 Å². The quantitative estimate of drug-likeness (QED) is 0.904. The van der Waals surface area contributed by atoms with Crippen LogP contribution in [0.15, 0.2) is 46.2 Å². The second-order valence-electron chi connectivity index (χ2n) is 4.81. The van der Waals surface area contributed by atoms with Crippen molar-refractivity contribution < 1.29 is 0 Å². The Morgan fingerprint density at radius 1 is 1.11 bits per heavy atom. The largest absolute Gasteiger partial charge is 0.326 e. The number of halogens is 1. The second kappa shape index (κ2) is 5.58. The molecule has 1 aliphatic rings. The summed E-state index contributed by atoms with van der Waals surface area (Å²) in [6.45, 7) is 0.479. The first-order valence-electron chi connectivity index (χ1n) is 6.55. The number of benzene rings is 2. The predicted octanol–water partition coefficient (Wildman–Crippen LogP) is 4.44. The molecule has 0 atom stereocenters. The van der Waals surface area contributed by atoms with E-state index in [4.69, 9.17) is 17.3 Å². The molecule has 0 spiro atoms. The minimum atomic E-state index is 0.479. The van der Waals surface area contributed by atoms with E-state index in [-0.39, 0.29) is 0 Å². The first-order chi connectivity index (χ1) is 9.28. The van der Waals surface area contributed by atoms with Crippen LogP contribution in [0.25, 0.3) is 0 Å². The van der Waals surface area contributed by atoms with E-state index in [2.05, 4.69) is 24.3 Å². The Hall–Kier alpha value is -0.960. The Bertz CT molecular complexity index is 610. The minimum absolute atomic E-state index is 0.479. The van der Waals surface area contributed by atoms with E-state index in [9.17, 15) is 0 Å². The lowest BCUT2D eigenvalue weighted by Gasteiger charge is -2.10. The molecule has 0 radical (unpaired) electrons. The molecule has 0 amide bonds. The zero-order chi connectivity index (χ0) is 13.2. The van der Waals surface area contributed by atoms with Gasteiger partial charge in [-0.1, -0.05) is 35.5 Å². The van der Waals surface area contributed by atoms with Crippen molar-refractivity contribution in [1.29, 1.82) is 0 Å². The summed E-state index contributed by atoms with van der Waals surface area (Å²) >= 11 is 7.95. The zero-order valence-corrected chi connectivity index (χ0v) is 12.2. The van der Waals surface area contributed by atoms with Gasteiger partial charge in [-0.25, -0.2) is 0 Å². The molecule has 3 rings (SSSR count). The first-order valence-corrected chi connectivity index (χ1v) is 7.74. The summed E-state index contributed by atoms with van der Waals surface area (Å²) < 4.78 is 0. The molecule has 19 heavy (non-hydrogen) atoms. The van der Waals surface area contributed by atoms with Crippen LogP contribution in [-0.2, 0) is 19.4 Å². The fraction of sp³-hybridized carbons (Fsp3) is 0.250. The molecule has 0 unspecified atom stereocenters. The summed E-state index contributed by atoms with van der Waals surface area (Å²) in [6.07, 6.45) is 3.73. The maximum absolute atomic E-state index is 6.20. The average Bonchev–Trinajstić information content (AvgIpc) is 2.86. The van der Waals surface area contributed by atoms with E-state index >= 15 is 0 Å². The van der Waals surface area contributed by atoms with Crippen molar-refractivity contribution in [2.24, 2.45) is 5.73 Å². The molecule has 1 aliphatic carbocycles. The minimum Gasteiger partial charge on any atom is -0.326 e. The van der Waals surface area contributed by atoms with E-state index in [1.807, 2.05) is 12.1 Å². The van der Waals surface area contributed by atoms with Gasteiger partial charge in [0.25, 0.3) is 0 Å². The summed E-state index contributed by atoms with van der Waals surface area (Å²) in [5.41, 5.74) is 9.84. The third-order valence-electron chi connectivity index (χ3n) is 3.58. The number of nitrogens with two attached hydrogens (primary N) is 1. The molecule has 0 aromatic heterocycles. The summed E-state index contributed by atoms with van der Waals surface area (Å²) in [7, 11) is 0. The van der Waals surface area contributed by atoms with Crippen LogP contribution in [0, 0.1) is 0 Å². The molecule has 2 aromatic rings. The van der Waals surface area contributed by atoms with Gasteiger partial charge in [0.2, 0.25) is 0 Å². The lowest BCUT2D eigenvalue weighted by Crippen LogP contribution is -1.99. The third kappa shape index (κ3) is 2.66. The molecule has 3 heteroatoms. The molecule has 0 aliphatic heterocycles. The maximum Gasteiger partial charge on any atom is 0.0462 e. The van der Waals surface area contributed by atoms with E-state index < -0.39 is 0 Å². The summed E-state index contributed by atoms with van der Waals surface area (Å²) in [6, 6.07) is 12.8. The van der Waals surface area contributed by atoms with Crippen molar-refractivity contribution in [2.45, 2.75) is 35.6 Å². The maximum atomic E-state index is 6.20. The Morgan fingerprint density at radius 3 is 2.79 bits per heavy atom. The lowest BCUT2D eigenvalue weighted by molar-refractivity contribution is 0.911. The number of fused-ring (bicyclic) bond motifs is 1. The molecule has 98 valence electrons. The van der Waals surface area contributed by atoms with Gasteiger partial charge in [-0.05, 0) is 60.2 Å². The van der Waals surface area contributed by atoms with Crippen LogP contribution >= 0.6 is 23.4 Å². The van der Waals surface area contributed by atoms with E-state index in [1.54, 1.807) is 11.8 Å². The van der Waals surface area contributed by atoms with Crippen LogP contribution in [0.3, 0.4) is 0 Å². The molecule has 0 saturated heterocycles. The van der Waals surface area contributed by atoms with Gasteiger partial charge < -0.3 is 5.73 Å². The molecule has 0 fully saturated rings. The fourth-order valence-corrected chi connectivity index (χ4v) is 3.93. The van der Waals surface area contributed by atoms with Crippen LogP contribution in [0.1, 0.15) is 23.1 Å². The fourth-order valence-electron chi connectivity index (χ4n) is 2.57. The summed E-state index contributed by atoms with van der Waals surface area (Å²) in [5.74, 6) is 0. The predicted molar refractivity (Wildman–Crippen MR) is 81.9 cm³/mol. The van der Waals surface area contributed by atoms with Crippen LogP contribution in [0.4, 0.5) is 0 Å². The second-order valence-corrected chi connectivity index (χ2v) is 6.33. The topological polar surface area (TPSA) is 26.0 Å². The Morgan fingerprint density at radius 2 is 1.95 bits per heavy atom. The monoisotopic (exact) mass is 289 g/mol. The molecule has 2 N–H and O–H groups in total. The Kier molecular flexibility index (Phi) is 3.83. The number of hydrogen-bond donors (Lipinski definition) is 1. The average molecular weight is 290 g/mol. The van der Waals surface area contributed by atoms with E-state index in [0.29, 0.717) is 6.54 Å². The van der Waals surface area contributed by atoms with Crippen molar-refractivity contribution in [2.75, 3.05) is 0 Å². The number of rotatable bonds is 3. The highest BCUT2D eigenvalue weighted by Gasteiger charge is 2.12. The standard InChI is InChI=1S/C16H16ClNS/c17-15-5-2-6-16(14(15)10-18)19-13-8-7-11-3-1-4-12(11)9-13/h2,5-9H,1,3-4,10,18H2. The van der Waals surface area contributed by atoms with Gasteiger partial charge in [0.05, 0.1) is 0 Å². The normalized spacial score (nSPS) is 13.6. The van der Waals surface area contributed by atoms with E-state index in [1.165, 1.54) is 35.3 Å². The van der Waals surface area contributed by atoms with Crippen molar-refractivity contribution in [3.05, 3.63) is 58.1 Å². The highest BCUT2D eigenvalue weighted by atomic mass is 35.5. The molecule has 0 saturated carbocycles. The van der Waals surface area contributed by atoms with Gasteiger partial charge in [-0.15, -0.1) is 0 Å². The van der Waals surface area contributed by atoms with Gasteiger partial charge >= 0.3 is 0 Å². The van der Waals surface area contributed by atoms with Gasteiger partial charge in [0, 0.05) is 21.4 Å². The van der Waals surface area contributed by atoms with E-state index in [0.717, 1.165) is 15.5 Å². The van der Waals surface area contributed by atoms with Crippen LogP contribution < -0.4 is 5.73 Å². The SMILES string of the molecule is NCc1c(Cl)cccc1Sc1ccc2c(c1)CCC2. The van der Waals surface area contributed by atoms with Gasteiger partial charge in [-0.3, -0.25) is 0 Å². The highest BCUT2D eigenvalue weighted by Crippen LogP contribution is 2.35.